The molecule has 0 bridgehead atoms. The molecule has 0 saturated heterocycles. The van der Waals surface area contributed by atoms with Crippen LogP contribution in [0.3, 0.4) is 0 Å². The predicted molar refractivity (Wildman–Crippen MR) is 131 cm³/mol. The lowest BCUT2D eigenvalue weighted by Crippen LogP contribution is -2.30. The van der Waals surface area contributed by atoms with Gasteiger partial charge in [-0.05, 0) is 55.7 Å². The first kappa shape index (κ1) is 23.6. The Bertz CT molecular complexity index is 1110. The Morgan fingerprint density at radius 3 is 2.71 bits per heavy atom. The summed E-state index contributed by atoms with van der Waals surface area (Å²) in [5.41, 5.74) is 2.97. The number of amides is 2. The van der Waals surface area contributed by atoms with Gasteiger partial charge in [0.05, 0.1) is 5.57 Å². The first-order chi connectivity index (χ1) is 16.6. The number of allylic oxidation sites excluding steroid dienone is 2. The summed E-state index contributed by atoms with van der Waals surface area (Å²) in [7, 11) is 0. The van der Waals surface area contributed by atoms with Crippen molar-refractivity contribution in [3.05, 3.63) is 78.2 Å². The summed E-state index contributed by atoms with van der Waals surface area (Å²) in [4.78, 5) is 26.6. The molecule has 3 N–H and O–H groups in total. The average molecular weight is 462 g/mol. The molecule has 7 heteroatoms. The van der Waals surface area contributed by atoms with E-state index in [-0.39, 0.29) is 18.9 Å². The lowest BCUT2D eigenvalue weighted by Gasteiger charge is -2.22. The van der Waals surface area contributed by atoms with Crippen LogP contribution in [0.4, 0.5) is 0 Å². The second-order valence-electron chi connectivity index (χ2n) is 8.63. The molecule has 34 heavy (non-hydrogen) atoms. The summed E-state index contributed by atoms with van der Waals surface area (Å²) >= 11 is 0. The van der Waals surface area contributed by atoms with Crippen LogP contribution in [0, 0.1) is 0 Å². The maximum atomic E-state index is 13.1. The van der Waals surface area contributed by atoms with E-state index in [1.54, 1.807) is 5.48 Å². The van der Waals surface area contributed by atoms with E-state index in [1.807, 2.05) is 60.7 Å². The number of hydroxylamine groups is 1. The minimum Gasteiger partial charge on any atom is -0.488 e. The fraction of sp³-hybridized carbons (Fsp3) is 0.333. The van der Waals surface area contributed by atoms with Gasteiger partial charge in [0, 0.05) is 36.3 Å². The number of ether oxygens (including phenoxy) is 1. The minimum absolute atomic E-state index is 0.141. The molecule has 2 amide bonds. The SMILES string of the molecule is O=C(CCCC/C=C(\COc1cccc2ccccc12)C(=O)NC1=CCN(C2CC2)C=C1)NO. The van der Waals surface area contributed by atoms with Crippen LogP contribution in [0.2, 0.25) is 0 Å². The predicted octanol–water partition coefficient (Wildman–Crippen LogP) is 4.20. The Morgan fingerprint density at radius 1 is 1.12 bits per heavy atom. The second kappa shape index (κ2) is 11.5. The van der Waals surface area contributed by atoms with Gasteiger partial charge in [0.1, 0.15) is 12.4 Å². The van der Waals surface area contributed by atoms with Crippen molar-refractivity contribution in [2.24, 2.45) is 0 Å². The molecule has 4 rings (SSSR count). The highest BCUT2D eigenvalue weighted by Crippen LogP contribution is 2.28. The number of hydrogen-bond donors (Lipinski definition) is 3. The van der Waals surface area contributed by atoms with Gasteiger partial charge in [-0.15, -0.1) is 0 Å². The highest BCUT2D eigenvalue weighted by Gasteiger charge is 2.27. The van der Waals surface area contributed by atoms with E-state index in [0.717, 1.165) is 35.2 Å². The zero-order valence-corrected chi connectivity index (χ0v) is 19.2. The zero-order chi connectivity index (χ0) is 23.8. The van der Waals surface area contributed by atoms with Crippen molar-refractivity contribution in [2.45, 2.75) is 44.6 Å². The maximum Gasteiger partial charge on any atom is 0.254 e. The van der Waals surface area contributed by atoms with Gasteiger partial charge in [-0.25, -0.2) is 5.48 Å². The summed E-state index contributed by atoms with van der Waals surface area (Å²) in [6.45, 7) is 0.942. The Morgan fingerprint density at radius 2 is 1.94 bits per heavy atom. The van der Waals surface area contributed by atoms with E-state index in [0.29, 0.717) is 24.5 Å². The number of rotatable bonds is 11. The van der Waals surface area contributed by atoms with Crippen LogP contribution >= 0.6 is 0 Å². The molecule has 2 aliphatic rings. The summed E-state index contributed by atoms with van der Waals surface area (Å²) in [6, 6.07) is 14.5. The summed E-state index contributed by atoms with van der Waals surface area (Å²) < 4.78 is 6.09. The molecule has 1 saturated carbocycles. The lowest BCUT2D eigenvalue weighted by atomic mass is 10.1. The van der Waals surface area contributed by atoms with Crippen molar-refractivity contribution in [3.8, 4) is 5.75 Å². The van der Waals surface area contributed by atoms with E-state index in [1.165, 1.54) is 12.8 Å². The molecule has 1 fully saturated rings. The van der Waals surface area contributed by atoms with Crippen molar-refractivity contribution in [2.75, 3.05) is 13.2 Å². The summed E-state index contributed by atoms with van der Waals surface area (Å²) in [6.07, 6.45) is 12.6. The Kier molecular flexibility index (Phi) is 7.99. The van der Waals surface area contributed by atoms with Crippen LogP contribution in [-0.4, -0.2) is 41.1 Å². The Labute approximate surface area is 199 Å². The van der Waals surface area contributed by atoms with Crippen LogP contribution in [-0.2, 0) is 9.59 Å². The molecule has 7 nitrogen and oxygen atoms in total. The van der Waals surface area contributed by atoms with E-state index in [9.17, 15) is 9.59 Å². The fourth-order valence-corrected chi connectivity index (χ4v) is 3.95. The van der Waals surface area contributed by atoms with Gasteiger partial charge in [0.25, 0.3) is 5.91 Å². The van der Waals surface area contributed by atoms with Crippen molar-refractivity contribution in [1.29, 1.82) is 0 Å². The topological polar surface area (TPSA) is 90.9 Å². The molecule has 0 unspecified atom stereocenters. The molecule has 2 aromatic rings. The summed E-state index contributed by atoms with van der Waals surface area (Å²) in [5, 5.41) is 13.7. The zero-order valence-electron chi connectivity index (χ0n) is 19.2. The molecule has 1 heterocycles. The average Bonchev–Trinajstić information content (AvgIpc) is 3.71. The standard InChI is InChI=1S/C27H31N3O4/c31-26(29-33)12-3-1-2-8-21(19-34-25-11-6-9-20-7-4-5-10-24(20)25)27(32)28-22-15-17-30(18-16-22)23-13-14-23/h4-11,15-17,23,33H,1-3,12-14,18-19H2,(H,28,32)(H,29,31)/b21-8+. The minimum atomic E-state index is -0.405. The first-order valence-corrected chi connectivity index (χ1v) is 11.8. The van der Waals surface area contributed by atoms with E-state index < -0.39 is 5.91 Å². The number of carbonyl (C=O) groups is 2. The molecule has 0 radical (unpaired) electrons. The van der Waals surface area contributed by atoms with E-state index >= 15 is 0 Å². The number of nitrogens with zero attached hydrogens (tertiary/aromatic N) is 1. The van der Waals surface area contributed by atoms with Gasteiger partial charge >= 0.3 is 0 Å². The smallest absolute Gasteiger partial charge is 0.254 e. The van der Waals surface area contributed by atoms with Gasteiger partial charge in [0.2, 0.25) is 5.91 Å². The molecule has 0 spiro atoms. The molecule has 0 aromatic heterocycles. The highest BCUT2D eigenvalue weighted by atomic mass is 16.5. The van der Waals surface area contributed by atoms with Crippen molar-refractivity contribution < 1.29 is 19.5 Å². The highest BCUT2D eigenvalue weighted by molar-refractivity contribution is 5.95. The quantitative estimate of drug-likeness (QED) is 0.202. The largest absolute Gasteiger partial charge is 0.488 e. The molecule has 178 valence electrons. The summed E-state index contributed by atoms with van der Waals surface area (Å²) in [5.74, 6) is 0.134. The molecular formula is C27H31N3O4. The third-order valence-electron chi connectivity index (χ3n) is 6.04. The van der Waals surface area contributed by atoms with Gasteiger partial charge in [0.15, 0.2) is 0 Å². The Balaban J connectivity index is 1.40. The molecule has 1 aliphatic heterocycles. The molecular weight excluding hydrogens is 430 g/mol. The van der Waals surface area contributed by atoms with Crippen LogP contribution in [0.15, 0.2) is 78.2 Å². The van der Waals surface area contributed by atoms with Crippen molar-refractivity contribution >= 4 is 22.6 Å². The van der Waals surface area contributed by atoms with E-state index in [4.69, 9.17) is 9.94 Å². The number of fused-ring (bicyclic) bond motifs is 1. The number of unbranched alkanes of at least 4 members (excludes halogenated alkanes) is 2. The molecule has 0 atom stereocenters. The number of carbonyl (C=O) groups excluding carboxylic acids is 2. The third-order valence-corrected chi connectivity index (χ3v) is 6.04. The number of nitrogens with one attached hydrogen (secondary N) is 2. The normalized spacial score (nSPS) is 15.7. The second-order valence-corrected chi connectivity index (χ2v) is 8.63. The number of benzene rings is 2. The van der Waals surface area contributed by atoms with Gasteiger partial charge < -0.3 is 15.0 Å². The first-order valence-electron chi connectivity index (χ1n) is 11.8. The number of hydrogen-bond acceptors (Lipinski definition) is 5. The third kappa shape index (κ3) is 6.48. The van der Waals surface area contributed by atoms with Crippen molar-refractivity contribution in [1.82, 2.24) is 15.7 Å². The van der Waals surface area contributed by atoms with Crippen LogP contribution in [0.1, 0.15) is 38.5 Å². The van der Waals surface area contributed by atoms with Gasteiger partial charge in [-0.1, -0.05) is 42.5 Å². The van der Waals surface area contributed by atoms with Crippen LogP contribution in [0.25, 0.3) is 10.8 Å². The van der Waals surface area contributed by atoms with Crippen LogP contribution in [0.5, 0.6) is 5.75 Å². The van der Waals surface area contributed by atoms with Crippen molar-refractivity contribution in [3.63, 3.8) is 0 Å². The maximum absolute atomic E-state index is 13.1. The van der Waals surface area contributed by atoms with Crippen LogP contribution < -0.4 is 15.5 Å². The monoisotopic (exact) mass is 461 g/mol. The van der Waals surface area contributed by atoms with Gasteiger partial charge in [-0.3, -0.25) is 14.8 Å². The van der Waals surface area contributed by atoms with E-state index in [2.05, 4.69) is 16.4 Å². The molecule has 1 aliphatic carbocycles. The lowest BCUT2D eigenvalue weighted by molar-refractivity contribution is -0.129. The molecule has 2 aromatic carbocycles. The Hall–Kier alpha value is -3.58. The fourth-order valence-electron chi connectivity index (χ4n) is 3.95. The van der Waals surface area contributed by atoms with Gasteiger partial charge in [-0.2, -0.15) is 0 Å².